The molecule has 1 aromatic rings. The lowest BCUT2D eigenvalue weighted by molar-refractivity contribution is -0.376. The van der Waals surface area contributed by atoms with Crippen LogP contribution in [0.25, 0.3) is 0 Å². The van der Waals surface area contributed by atoms with Crippen molar-refractivity contribution in [1.82, 2.24) is 0 Å². The molecule has 0 bridgehead atoms. The molecule has 1 aromatic carbocycles. The predicted molar refractivity (Wildman–Crippen MR) is 85.2 cm³/mol. The van der Waals surface area contributed by atoms with Crippen molar-refractivity contribution in [3.8, 4) is 0 Å². The monoisotopic (exact) mass is 400 g/mol. The van der Waals surface area contributed by atoms with Gasteiger partial charge in [-0.1, -0.05) is 23.9 Å². The van der Waals surface area contributed by atoms with Crippen molar-refractivity contribution in [3.63, 3.8) is 0 Å². The standard InChI is InChI=1S/C15H14F6N2O2S/c1-7-4-9(13(25,14(16,17)18)15(19,20)21)5-8(2)11(7)23(3)12-22-10(24)6-26-12/h4-5,25H,6H2,1-3H3. The van der Waals surface area contributed by atoms with Crippen LogP contribution < -0.4 is 4.90 Å². The molecule has 0 saturated heterocycles. The first-order valence-corrected chi connectivity index (χ1v) is 8.14. The Morgan fingerprint density at radius 2 is 1.54 bits per heavy atom. The molecule has 4 nitrogen and oxygen atoms in total. The number of anilines is 1. The van der Waals surface area contributed by atoms with E-state index in [1.54, 1.807) is 0 Å². The Morgan fingerprint density at radius 1 is 1.08 bits per heavy atom. The number of nitrogens with zero attached hydrogens (tertiary/aromatic N) is 2. The van der Waals surface area contributed by atoms with Crippen LogP contribution in [0.15, 0.2) is 17.1 Å². The van der Waals surface area contributed by atoms with Gasteiger partial charge in [-0.05, 0) is 25.0 Å². The predicted octanol–water partition coefficient (Wildman–Crippen LogP) is 3.68. The van der Waals surface area contributed by atoms with Crippen LogP contribution in [-0.2, 0) is 10.4 Å². The Labute approximate surface area is 148 Å². The first-order valence-electron chi connectivity index (χ1n) is 7.15. The van der Waals surface area contributed by atoms with E-state index in [1.165, 1.54) is 25.8 Å². The zero-order valence-corrected chi connectivity index (χ0v) is 14.6. The lowest BCUT2D eigenvalue weighted by Gasteiger charge is -2.34. The topological polar surface area (TPSA) is 52.9 Å². The van der Waals surface area contributed by atoms with Crippen molar-refractivity contribution in [2.45, 2.75) is 31.8 Å². The highest BCUT2D eigenvalue weighted by Crippen LogP contribution is 2.51. The number of alkyl halides is 6. The van der Waals surface area contributed by atoms with Gasteiger partial charge in [-0.3, -0.25) is 4.79 Å². The van der Waals surface area contributed by atoms with E-state index in [0.717, 1.165) is 11.8 Å². The fourth-order valence-corrected chi connectivity index (χ4v) is 3.52. The van der Waals surface area contributed by atoms with Gasteiger partial charge in [0.15, 0.2) is 5.17 Å². The summed E-state index contributed by atoms with van der Waals surface area (Å²) in [6.45, 7) is 2.63. The third-order valence-corrected chi connectivity index (χ3v) is 4.91. The molecule has 1 aliphatic rings. The van der Waals surface area contributed by atoms with Crippen LogP contribution in [0.3, 0.4) is 0 Å². The number of aliphatic hydroxyl groups is 1. The minimum Gasteiger partial charge on any atom is -0.369 e. The smallest absolute Gasteiger partial charge is 0.369 e. The van der Waals surface area contributed by atoms with E-state index in [2.05, 4.69) is 4.99 Å². The molecule has 1 aliphatic heterocycles. The number of carbonyl (C=O) groups excluding carboxylic acids is 1. The molecule has 26 heavy (non-hydrogen) atoms. The number of carbonyl (C=O) groups is 1. The number of benzene rings is 1. The summed E-state index contributed by atoms with van der Waals surface area (Å²) in [7, 11) is 1.50. The van der Waals surface area contributed by atoms with Gasteiger partial charge >= 0.3 is 12.4 Å². The van der Waals surface area contributed by atoms with Crippen molar-refractivity contribution in [2.24, 2.45) is 4.99 Å². The molecule has 11 heteroatoms. The van der Waals surface area contributed by atoms with Crippen molar-refractivity contribution in [2.75, 3.05) is 17.7 Å². The summed E-state index contributed by atoms with van der Waals surface area (Å²) in [5.41, 5.74) is -5.86. The summed E-state index contributed by atoms with van der Waals surface area (Å²) >= 11 is 1.11. The van der Waals surface area contributed by atoms with Crippen molar-refractivity contribution < 1.29 is 36.2 Å². The SMILES string of the molecule is Cc1cc(C(O)(C(F)(F)F)C(F)(F)F)cc(C)c1N(C)C1=NC(=O)CS1. The fourth-order valence-electron chi connectivity index (χ4n) is 2.75. The Bertz CT molecular complexity index is 735. The molecule has 0 radical (unpaired) electrons. The maximum absolute atomic E-state index is 13.1. The second-order valence-corrected chi connectivity index (χ2v) is 6.74. The van der Waals surface area contributed by atoms with Gasteiger partial charge < -0.3 is 10.0 Å². The largest absolute Gasteiger partial charge is 0.430 e. The molecule has 1 N–H and O–H groups in total. The second-order valence-electron chi connectivity index (χ2n) is 5.80. The molecular formula is C15H14F6N2O2S. The maximum atomic E-state index is 13.1. The van der Waals surface area contributed by atoms with Crippen molar-refractivity contribution in [3.05, 3.63) is 28.8 Å². The summed E-state index contributed by atoms with van der Waals surface area (Å²) in [4.78, 5) is 16.4. The third kappa shape index (κ3) is 3.29. The van der Waals surface area contributed by atoms with Crippen LogP contribution in [0, 0.1) is 13.8 Å². The number of hydrogen-bond acceptors (Lipinski definition) is 4. The molecule has 0 atom stereocenters. The summed E-state index contributed by atoms with van der Waals surface area (Å²) in [6, 6.07) is 1.28. The quantitative estimate of drug-likeness (QED) is 0.770. The fraction of sp³-hybridized carbons (Fsp3) is 0.467. The third-order valence-electron chi connectivity index (χ3n) is 3.90. The summed E-state index contributed by atoms with van der Waals surface area (Å²) in [6.07, 6.45) is -11.9. The van der Waals surface area contributed by atoms with E-state index in [1.807, 2.05) is 0 Å². The average Bonchev–Trinajstić information content (AvgIpc) is 2.89. The van der Waals surface area contributed by atoms with Crippen LogP contribution in [0.5, 0.6) is 0 Å². The summed E-state index contributed by atoms with van der Waals surface area (Å²) in [5, 5.41) is 9.83. The van der Waals surface area contributed by atoms with E-state index in [-0.39, 0.29) is 28.0 Å². The van der Waals surface area contributed by atoms with Gasteiger partial charge in [0.25, 0.3) is 11.5 Å². The van der Waals surface area contributed by atoms with Gasteiger partial charge in [-0.15, -0.1) is 0 Å². The average molecular weight is 400 g/mol. The lowest BCUT2D eigenvalue weighted by atomic mass is 9.89. The van der Waals surface area contributed by atoms with Crippen LogP contribution >= 0.6 is 11.8 Å². The number of aryl methyl sites for hydroxylation is 2. The highest BCUT2D eigenvalue weighted by atomic mass is 32.2. The van der Waals surface area contributed by atoms with Gasteiger partial charge in [0.05, 0.1) is 5.75 Å². The number of hydrogen-bond donors (Lipinski definition) is 1. The molecule has 0 saturated carbocycles. The Kier molecular flexibility index (Phi) is 5.10. The van der Waals surface area contributed by atoms with Gasteiger partial charge in [0.2, 0.25) is 0 Å². The molecule has 0 fully saturated rings. The van der Waals surface area contributed by atoms with E-state index < -0.39 is 23.5 Å². The van der Waals surface area contributed by atoms with Crippen LogP contribution in [-0.4, -0.2) is 41.3 Å². The van der Waals surface area contributed by atoms with Crippen molar-refractivity contribution >= 4 is 28.5 Å². The Morgan fingerprint density at radius 3 is 1.88 bits per heavy atom. The second kappa shape index (κ2) is 6.45. The minimum atomic E-state index is -5.95. The number of thioether (sulfide) groups is 1. The molecule has 0 spiro atoms. The van der Waals surface area contributed by atoms with Gasteiger partial charge in [-0.25, -0.2) is 0 Å². The summed E-state index contributed by atoms with van der Waals surface area (Å²) in [5.74, 6) is -0.273. The number of amides is 1. The number of rotatable bonds is 2. The zero-order valence-electron chi connectivity index (χ0n) is 13.8. The van der Waals surface area contributed by atoms with Gasteiger partial charge in [-0.2, -0.15) is 31.3 Å². The first kappa shape index (κ1) is 20.6. The molecule has 0 unspecified atom stereocenters. The molecule has 1 heterocycles. The Hall–Kier alpha value is -1.75. The zero-order chi connectivity index (χ0) is 20.1. The molecule has 0 aromatic heterocycles. The molecule has 1 amide bonds. The van der Waals surface area contributed by atoms with Crippen LogP contribution in [0.1, 0.15) is 16.7 Å². The van der Waals surface area contributed by atoms with Crippen molar-refractivity contribution in [1.29, 1.82) is 0 Å². The Balaban J connectivity index is 2.59. The highest BCUT2D eigenvalue weighted by Gasteiger charge is 2.71. The summed E-state index contributed by atoms with van der Waals surface area (Å²) < 4.78 is 78.3. The van der Waals surface area contributed by atoms with Crippen LogP contribution in [0.2, 0.25) is 0 Å². The first-order chi connectivity index (χ1) is 11.7. The van der Waals surface area contributed by atoms with E-state index in [4.69, 9.17) is 0 Å². The van der Waals surface area contributed by atoms with Gasteiger partial charge in [0, 0.05) is 18.3 Å². The minimum absolute atomic E-state index is 0.0667. The lowest BCUT2D eigenvalue weighted by Crippen LogP contribution is -2.54. The van der Waals surface area contributed by atoms with E-state index in [0.29, 0.717) is 17.8 Å². The van der Waals surface area contributed by atoms with E-state index in [9.17, 15) is 36.2 Å². The maximum Gasteiger partial charge on any atom is 0.430 e. The normalized spacial score (nSPS) is 16.1. The number of halogens is 6. The molecule has 2 rings (SSSR count). The number of aliphatic imine (C=N–C) groups is 1. The van der Waals surface area contributed by atoms with Crippen LogP contribution in [0.4, 0.5) is 32.0 Å². The molecule has 0 aliphatic carbocycles. The highest BCUT2D eigenvalue weighted by molar-refractivity contribution is 8.15. The molecular weight excluding hydrogens is 386 g/mol. The molecule has 144 valence electrons. The number of amidine groups is 1. The van der Waals surface area contributed by atoms with Gasteiger partial charge in [0.1, 0.15) is 0 Å². The van der Waals surface area contributed by atoms with E-state index >= 15 is 0 Å².